The van der Waals surface area contributed by atoms with E-state index in [0.717, 1.165) is 53.6 Å². The van der Waals surface area contributed by atoms with Crippen LogP contribution in [-0.4, -0.2) is 53.4 Å². The number of hydrogen-bond acceptors (Lipinski definition) is 8. The number of ether oxygens (including phenoxy) is 3. The van der Waals surface area contributed by atoms with Crippen molar-refractivity contribution in [3.05, 3.63) is 53.9 Å². The van der Waals surface area contributed by atoms with E-state index in [1.807, 2.05) is 63.4 Å². The first-order valence-electron chi connectivity index (χ1n) is 14.2. The molecule has 0 saturated heterocycles. The van der Waals surface area contributed by atoms with E-state index in [2.05, 4.69) is 25.9 Å². The van der Waals surface area contributed by atoms with Crippen LogP contribution < -0.4 is 25.4 Å². The summed E-state index contributed by atoms with van der Waals surface area (Å²) in [5.74, 6) is 1.95. The molecule has 1 fully saturated rings. The summed E-state index contributed by atoms with van der Waals surface area (Å²) in [5, 5.41) is 10.6. The lowest BCUT2D eigenvalue weighted by Crippen LogP contribution is -2.46. The Balaban J connectivity index is 1.25. The molecule has 1 atom stereocenters. The Labute approximate surface area is 240 Å². The highest BCUT2D eigenvalue weighted by Crippen LogP contribution is 2.31. The second-order valence-corrected chi connectivity index (χ2v) is 11.8. The quantitative estimate of drug-likeness (QED) is 0.360. The molecule has 2 aliphatic rings. The summed E-state index contributed by atoms with van der Waals surface area (Å²) < 4.78 is 16.5. The minimum Gasteiger partial charge on any atom is -0.497 e. The SMILES string of the molecule is COc1ccc2nccc(CC(NC(=O)OC(C)(C)C)C3CCC(NCc4ccc5c(n4)NC(=O)CO5)CC3)c2c1. The largest absolute Gasteiger partial charge is 0.497 e. The number of pyridine rings is 2. The zero-order valence-corrected chi connectivity index (χ0v) is 24.2. The Hall–Kier alpha value is -3.92. The van der Waals surface area contributed by atoms with Crippen molar-refractivity contribution in [1.82, 2.24) is 20.6 Å². The predicted molar refractivity (Wildman–Crippen MR) is 156 cm³/mol. The molecule has 0 spiro atoms. The molecule has 10 nitrogen and oxygen atoms in total. The lowest BCUT2D eigenvalue weighted by Gasteiger charge is -2.35. The topological polar surface area (TPSA) is 124 Å². The van der Waals surface area contributed by atoms with Crippen LogP contribution in [0.2, 0.25) is 0 Å². The molecule has 0 radical (unpaired) electrons. The molecule has 1 aliphatic carbocycles. The number of carbonyl (C=O) groups excluding carboxylic acids is 2. The van der Waals surface area contributed by atoms with Crippen LogP contribution >= 0.6 is 0 Å². The summed E-state index contributed by atoms with van der Waals surface area (Å²) in [6.45, 7) is 6.24. The summed E-state index contributed by atoms with van der Waals surface area (Å²) in [6.07, 6.45) is 5.98. The van der Waals surface area contributed by atoms with Gasteiger partial charge >= 0.3 is 6.09 Å². The van der Waals surface area contributed by atoms with Crippen molar-refractivity contribution >= 4 is 28.7 Å². The van der Waals surface area contributed by atoms with Gasteiger partial charge in [-0.05, 0) is 101 Å². The fraction of sp³-hybridized carbons (Fsp3) is 0.484. The third-order valence-corrected chi connectivity index (χ3v) is 7.63. The van der Waals surface area contributed by atoms with E-state index in [9.17, 15) is 9.59 Å². The first-order chi connectivity index (χ1) is 19.7. The number of rotatable bonds is 8. The molecule has 3 aromatic rings. The number of anilines is 1. The molecule has 3 heterocycles. The second kappa shape index (κ2) is 12.3. The van der Waals surface area contributed by atoms with Crippen LogP contribution in [-0.2, 0) is 22.5 Å². The van der Waals surface area contributed by atoms with Crippen LogP contribution in [0.1, 0.15) is 57.7 Å². The van der Waals surface area contributed by atoms with Gasteiger partial charge in [0, 0.05) is 30.2 Å². The second-order valence-electron chi connectivity index (χ2n) is 11.8. The van der Waals surface area contributed by atoms with Gasteiger partial charge in [-0.15, -0.1) is 0 Å². The van der Waals surface area contributed by atoms with Crippen molar-refractivity contribution < 1.29 is 23.8 Å². The van der Waals surface area contributed by atoms with Crippen LogP contribution in [0.4, 0.5) is 10.6 Å². The first kappa shape index (κ1) is 28.6. The molecule has 1 aromatic carbocycles. The summed E-state index contributed by atoms with van der Waals surface area (Å²) in [6, 6.07) is 11.9. The number of amides is 2. The lowest BCUT2D eigenvalue weighted by atomic mass is 9.79. The molecular formula is C31H39N5O5. The number of aromatic nitrogens is 2. The van der Waals surface area contributed by atoms with Crippen molar-refractivity contribution in [2.24, 2.45) is 5.92 Å². The van der Waals surface area contributed by atoms with Crippen LogP contribution in [0.5, 0.6) is 11.5 Å². The van der Waals surface area contributed by atoms with Gasteiger partial charge in [0.25, 0.3) is 5.91 Å². The van der Waals surface area contributed by atoms with Gasteiger partial charge in [0.05, 0.1) is 18.3 Å². The van der Waals surface area contributed by atoms with Crippen molar-refractivity contribution in [1.29, 1.82) is 0 Å². The van der Waals surface area contributed by atoms with E-state index in [1.165, 1.54) is 0 Å². The normalized spacial score (nSPS) is 19.5. The van der Waals surface area contributed by atoms with Crippen LogP contribution in [0.15, 0.2) is 42.6 Å². The van der Waals surface area contributed by atoms with E-state index in [0.29, 0.717) is 36.5 Å². The van der Waals surface area contributed by atoms with Gasteiger partial charge in [-0.25, -0.2) is 9.78 Å². The maximum Gasteiger partial charge on any atom is 0.407 e. The van der Waals surface area contributed by atoms with Gasteiger partial charge < -0.3 is 30.2 Å². The Bertz CT molecular complexity index is 1400. The third kappa shape index (κ3) is 7.43. The molecule has 1 saturated carbocycles. The number of hydrogen-bond donors (Lipinski definition) is 3. The third-order valence-electron chi connectivity index (χ3n) is 7.63. The van der Waals surface area contributed by atoms with Crippen LogP contribution in [0.3, 0.4) is 0 Å². The number of carbonyl (C=O) groups is 2. The molecule has 3 N–H and O–H groups in total. The summed E-state index contributed by atoms with van der Waals surface area (Å²) in [4.78, 5) is 33.6. The maximum absolute atomic E-state index is 12.9. The van der Waals surface area contributed by atoms with Gasteiger partial charge in [-0.3, -0.25) is 9.78 Å². The molecule has 5 rings (SSSR count). The van der Waals surface area contributed by atoms with Crippen molar-refractivity contribution in [2.45, 2.75) is 77.1 Å². The van der Waals surface area contributed by atoms with Gasteiger partial charge in [-0.2, -0.15) is 0 Å². The van der Waals surface area contributed by atoms with Gasteiger partial charge in [-0.1, -0.05) is 0 Å². The monoisotopic (exact) mass is 561 g/mol. The highest BCUT2D eigenvalue weighted by Gasteiger charge is 2.31. The highest BCUT2D eigenvalue weighted by atomic mass is 16.6. The summed E-state index contributed by atoms with van der Waals surface area (Å²) >= 11 is 0. The smallest absolute Gasteiger partial charge is 0.407 e. The van der Waals surface area contributed by atoms with Crippen LogP contribution in [0.25, 0.3) is 10.9 Å². The Kier molecular flexibility index (Phi) is 8.58. The molecule has 2 aromatic heterocycles. The number of benzene rings is 1. The predicted octanol–water partition coefficient (Wildman–Crippen LogP) is 4.75. The number of alkyl carbamates (subject to hydrolysis) is 1. The fourth-order valence-electron chi connectivity index (χ4n) is 5.60. The van der Waals surface area contributed by atoms with Gasteiger partial charge in [0.15, 0.2) is 18.2 Å². The van der Waals surface area contributed by atoms with Crippen molar-refractivity contribution in [3.8, 4) is 11.5 Å². The molecule has 1 unspecified atom stereocenters. The van der Waals surface area contributed by atoms with E-state index >= 15 is 0 Å². The fourth-order valence-corrected chi connectivity index (χ4v) is 5.60. The molecule has 2 amide bonds. The highest BCUT2D eigenvalue weighted by molar-refractivity contribution is 5.94. The Morgan fingerprint density at radius 1 is 1.15 bits per heavy atom. The molecule has 41 heavy (non-hydrogen) atoms. The average molecular weight is 562 g/mol. The first-order valence-corrected chi connectivity index (χ1v) is 14.2. The summed E-state index contributed by atoms with van der Waals surface area (Å²) in [5.41, 5.74) is 2.28. The van der Waals surface area contributed by atoms with E-state index in [1.54, 1.807) is 7.11 Å². The Morgan fingerprint density at radius 3 is 2.71 bits per heavy atom. The van der Waals surface area contributed by atoms with E-state index in [4.69, 9.17) is 14.2 Å². The van der Waals surface area contributed by atoms with Crippen molar-refractivity contribution in [3.63, 3.8) is 0 Å². The van der Waals surface area contributed by atoms with E-state index < -0.39 is 11.7 Å². The van der Waals surface area contributed by atoms with Crippen LogP contribution in [0, 0.1) is 5.92 Å². The molecular weight excluding hydrogens is 522 g/mol. The minimum absolute atomic E-state index is 0.0187. The number of methoxy groups -OCH3 is 1. The minimum atomic E-state index is -0.577. The number of nitrogens with zero attached hydrogens (tertiary/aromatic N) is 2. The molecule has 0 bridgehead atoms. The number of fused-ring (bicyclic) bond motifs is 2. The zero-order valence-electron chi connectivity index (χ0n) is 24.2. The summed E-state index contributed by atoms with van der Waals surface area (Å²) in [7, 11) is 1.66. The lowest BCUT2D eigenvalue weighted by molar-refractivity contribution is -0.118. The van der Waals surface area contributed by atoms with Gasteiger partial charge in [0.1, 0.15) is 11.4 Å². The molecule has 10 heteroatoms. The average Bonchev–Trinajstić information content (AvgIpc) is 2.94. The van der Waals surface area contributed by atoms with E-state index in [-0.39, 0.29) is 18.6 Å². The zero-order chi connectivity index (χ0) is 29.0. The maximum atomic E-state index is 12.9. The Morgan fingerprint density at radius 2 is 1.95 bits per heavy atom. The molecule has 1 aliphatic heterocycles. The standard InChI is InChI=1S/C31H39N5O5/c1-31(2,3)41-30(38)35-26(15-20-13-14-32-25-11-10-23(39-4)16-24(20)25)19-5-7-21(8-6-19)33-17-22-9-12-27-29(34-22)36-28(37)18-40-27/h9-14,16,19,21,26,33H,5-8,15,17-18H2,1-4H3,(H,35,38)(H,34,36,37). The van der Waals surface area contributed by atoms with Crippen molar-refractivity contribution in [2.75, 3.05) is 19.0 Å². The van der Waals surface area contributed by atoms with Gasteiger partial charge in [0.2, 0.25) is 0 Å². The number of nitrogens with one attached hydrogen (secondary N) is 3. The molecule has 218 valence electrons.